The van der Waals surface area contributed by atoms with E-state index in [0.29, 0.717) is 39.3 Å². The first kappa shape index (κ1) is 15.2. The highest BCUT2D eigenvalue weighted by Crippen LogP contribution is 2.35. The predicted octanol–water partition coefficient (Wildman–Crippen LogP) is 2.18. The van der Waals surface area contributed by atoms with Crippen molar-refractivity contribution in [2.45, 2.75) is 5.16 Å². The van der Waals surface area contributed by atoms with E-state index in [1.807, 2.05) is 25.3 Å². The van der Waals surface area contributed by atoms with Gasteiger partial charge >= 0.3 is 0 Å². The molecule has 118 valence electrons. The smallest absolute Gasteiger partial charge is 0.190 e. The second-order valence-corrected chi connectivity index (χ2v) is 5.09. The molecule has 7 nitrogen and oxygen atoms in total. The Kier molecular flexibility index (Phi) is 4.07. The van der Waals surface area contributed by atoms with Crippen LogP contribution in [-0.4, -0.2) is 27.9 Å². The molecule has 0 bridgehead atoms. The third kappa shape index (κ3) is 2.68. The molecule has 0 fully saturated rings. The number of dihydropyridines is 1. The Labute approximate surface area is 138 Å². The van der Waals surface area contributed by atoms with Gasteiger partial charge in [0.05, 0.1) is 25.2 Å². The van der Waals surface area contributed by atoms with Crippen molar-refractivity contribution in [1.82, 2.24) is 19.9 Å². The number of rotatable bonds is 4. The topological polar surface area (TPSA) is 85.1 Å². The third-order valence-corrected chi connectivity index (χ3v) is 3.73. The van der Waals surface area contributed by atoms with Crippen LogP contribution < -0.4 is 14.8 Å². The van der Waals surface area contributed by atoms with Gasteiger partial charge in [-0.05, 0) is 12.2 Å². The van der Waals surface area contributed by atoms with Gasteiger partial charge in [0.2, 0.25) is 0 Å². The summed E-state index contributed by atoms with van der Waals surface area (Å²) >= 11 is 4.29. The Bertz CT molecular complexity index is 866. The van der Waals surface area contributed by atoms with Crippen molar-refractivity contribution in [3.05, 3.63) is 42.1 Å². The maximum absolute atomic E-state index is 7.59. The SMILES string of the molecule is COc1c(O/C(C=N)=C2\C=CC=CN2)cnc2nc(S)n(C)c12. The highest BCUT2D eigenvalue weighted by molar-refractivity contribution is 7.80. The van der Waals surface area contributed by atoms with Crippen LogP contribution in [0, 0.1) is 5.41 Å². The zero-order chi connectivity index (χ0) is 16.4. The number of ether oxygens (including phenoxy) is 2. The number of thiol groups is 1. The van der Waals surface area contributed by atoms with E-state index in [2.05, 4.69) is 27.9 Å². The molecule has 23 heavy (non-hydrogen) atoms. The van der Waals surface area contributed by atoms with E-state index in [9.17, 15) is 0 Å². The first-order chi connectivity index (χ1) is 11.2. The molecule has 3 heterocycles. The number of pyridine rings is 1. The largest absolute Gasteiger partial charge is 0.491 e. The average molecular weight is 329 g/mol. The van der Waals surface area contributed by atoms with Gasteiger partial charge in [-0.3, -0.25) is 0 Å². The molecule has 0 atom stereocenters. The number of aromatic nitrogens is 3. The summed E-state index contributed by atoms with van der Waals surface area (Å²) < 4.78 is 13.1. The molecule has 1 aliphatic heterocycles. The molecular formula is C15H15N5O2S. The number of hydrogen-bond donors (Lipinski definition) is 3. The molecule has 0 radical (unpaired) electrons. The Morgan fingerprint density at radius 3 is 2.91 bits per heavy atom. The zero-order valence-electron chi connectivity index (χ0n) is 12.6. The van der Waals surface area contributed by atoms with Crippen molar-refractivity contribution in [1.29, 1.82) is 5.41 Å². The number of fused-ring (bicyclic) bond motifs is 1. The van der Waals surface area contributed by atoms with Gasteiger partial charge in [0.15, 0.2) is 28.1 Å². The van der Waals surface area contributed by atoms with Crippen LogP contribution in [-0.2, 0) is 7.05 Å². The number of nitrogens with zero attached hydrogens (tertiary/aromatic N) is 3. The number of hydrogen-bond acceptors (Lipinski definition) is 7. The van der Waals surface area contributed by atoms with E-state index in [1.165, 1.54) is 6.20 Å². The summed E-state index contributed by atoms with van der Waals surface area (Å²) in [6.07, 6.45) is 9.93. The Morgan fingerprint density at radius 1 is 1.43 bits per heavy atom. The molecule has 0 unspecified atom stereocenters. The minimum Gasteiger partial charge on any atom is -0.491 e. The van der Waals surface area contributed by atoms with E-state index < -0.39 is 0 Å². The molecule has 1 aliphatic rings. The van der Waals surface area contributed by atoms with Gasteiger partial charge in [-0.15, -0.1) is 12.6 Å². The summed E-state index contributed by atoms with van der Waals surface area (Å²) in [7, 11) is 3.36. The summed E-state index contributed by atoms with van der Waals surface area (Å²) in [5, 5.41) is 11.1. The molecule has 2 aromatic heterocycles. The fraction of sp³-hybridized carbons (Fsp3) is 0.133. The predicted molar refractivity (Wildman–Crippen MR) is 90.2 cm³/mol. The maximum atomic E-state index is 7.59. The van der Waals surface area contributed by atoms with Crippen LogP contribution in [0.15, 0.2) is 47.2 Å². The van der Waals surface area contributed by atoms with Gasteiger partial charge in [-0.1, -0.05) is 6.08 Å². The van der Waals surface area contributed by atoms with Crippen molar-refractivity contribution >= 4 is 30.0 Å². The average Bonchev–Trinajstić information content (AvgIpc) is 2.88. The van der Waals surface area contributed by atoms with Crippen molar-refractivity contribution in [2.75, 3.05) is 7.11 Å². The monoisotopic (exact) mass is 329 g/mol. The highest BCUT2D eigenvalue weighted by atomic mass is 32.1. The van der Waals surface area contributed by atoms with Crippen LogP contribution in [0.1, 0.15) is 0 Å². The number of nitrogens with one attached hydrogen (secondary N) is 2. The Balaban J connectivity index is 2.09. The lowest BCUT2D eigenvalue weighted by atomic mass is 10.3. The van der Waals surface area contributed by atoms with Crippen LogP contribution in [0.5, 0.6) is 11.5 Å². The van der Waals surface area contributed by atoms with Crippen LogP contribution in [0.25, 0.3) is 11.2 Å². The van der Waals surface area contributed by atoms with E-state index in [-0.39, 0.29) is 0 Å². The quantitative estimate of drug-likeness (QED) is 0.455. The first-order valence-electron chi connectivity index (χ1n) is 6.76. The molecule has 2 aromatic rings. The molecule has 0 spiro atoms. The second-order valence-electron chi connectivity index (χ2n) is 4.69. The van der Waals surface area contributed by atoms with E-state index in [1.54, 1.807) is 17.9 Å². The molecule has 2 N–H and O–H groups in total. The summed E-state index contributed by atoms with van der Waals surface area (Å²) in [5.74, 6) is 1.23. The fourth-order valence-electron chi connectivity index (χ4n) is 2.21. The van der Waals surface area contributed by atoms with Crippen molar-refractivity contribution in [3.63, 3.8) is 0 Å². The second kappa shape index (κ2) is 6.17. The maximum Gasteiger partial charge on any atom is 0.190 e. The number of allylic oxidation sites excluding steroid dienone is 4. The highest BCUT2D eigenvalue weighted by Gasteiger charge is 2.18. The van der Waals surface area contributed by atoms with Crippen molar-refractivity contribution in [2.24, 2.45) is 7.05 Å². The number of methoxy groups -OCH3 is 1. The van der Waals surface area contributed by atoms with E-state index in [0.717, 1.165) is 6.21 Å². The van der Waals surface area contributed by atoms with Gasteiger partial charge in [-0.25, -0.2) is 9.97 Å². The first-order valence-corrected chi connectivity index (χ1v) is 7.21. The van der Waals surface area contributed by atoms with Crippen LogP contribution >= 0.6 is 12.6 Å². The van der Waals surface area contributed by atoms with Gasteiger partial charge in [-0.2, -0.15) is 0 Å². The summed E-state index contributed by atoms with van der Waals surface area (Å²) in [4.78, 5) is 8.51. The molecular weight excluding hydrogens is 314 g/mol. The lowest BCUT2D eigenvalue weighted by Crippen LogP contribution is -2.13. The summed E-state index contributed by atoms with van der Waals surface area (Å²) in [5.41, 5.74) is 1.87. The van der Waals surface area contributed by atoms with Crippen LogP contribution in [0.3, 0.4) is 0 Å². The minimum absolute atomic E-state index is 0.346. The van der Waals surface area contributed by atoms with Crippen LogP contribution in [0.2, 0.25) is 0 Å². The number of aryl methyl sites for hydroxylation is 1. The third-order valence-electron chi connectivity index (χ3n) is 3.33. The van der Waals surface area contributed by atoms with Gasteiger partial charge in [0, 0.05) is 13.2 Å². The lowest BCUT2D eigenvalue weighted by Gasteiger charge is -2.14. The van der Waals surface area contributed by atoms with E-state index >= 15 is 0 Å². The normalized spacial score (nSPS) is 15.4. The summed E-state index contributed by atoms with van der Waals surface area (Å²) in [6, 6.07) is 0. The number of imidazole rings is 1. The molecule has 0 saturated carbocycles. The van der Waals surface area contributed by atoms with Gasteiger partial charge in [0.1, 0.15) is 5.52 Å². The fourth-order valence-corrected chi connectivity index (χ4v) is 2.40. The van der Waals surface area contributed by atoms with Gasteiger partial charge in [0.25, 0.3) is 0 Å². The van der Waals surface area contributed by atoms with Gasteiger partial charge < -0.3 is 24.8 Å². The Morgan fingerprint density at radius 2 is 2.26 bits per heavy atom. The van der Waals surface area contributed by atoms with Crippen molar-refractivity contribution in [3.8, 4) is 11.5 Å². The molecule has 3 rings (SSSR count). The van der Waals surface area contributed by atoms with Crippen molar-refractivity contribution < 1.29 is 9.47 Å². The standard InChI is InChI=1S/C15H15N5O2S/c1-20-12-13(21-2)11(8-18-14(12)19-15(20)23)22-10(7-16)9-5-3-4-6-17-9/h3-8,16-17H,1-2H3,(H,18,19,23)/b10-9+,16-7?. The molecule has 0 aliphatic carbocycles. The zero-order valence-corrected chi connectivity index (χ0v) is 13.5. The molecule has 0 saturated heterocycles. The molecule has 0 aromatic carbocycles. The molecule has 8 heteroatoms. The molecule has 0 amide bonds. The van der Waals surface area contributed by atoms with E-state index in [4.69, 9.17) is 14.9 Å². The van der Waals surface area contributed by atoms with Crippen LogP contribution in [0.4, 0.5) is 0 Å². The Hall–Kier alpha value is -2.74. The minimum atomic E-state index is 0.346. The lowest BCUT2D eigenvalue weighted by molar-refractivity contribution is 0.371. The summed E-state index contributed by atoms with van der Waals surface area (Å²) in [6.45, 7) is 0.